The quantitative estimate of drug-likeness (QED) is 0.197. The van der Waals surface area contributed by atoms with E-state index in [1.165, 1.54) is 5.57 Å². The molecule has 1 aliphatic carbocycles. The third-order valence-corrected chi connectivity index (χ3v) is 9.36. The van der Waals surface area contributed by atoms with Gasteiger partial charge in [-0.2, -0.15) is 0 Å². The summed E-state index contributed by atoms with van der Waals surface area (Å²) in [6, 6.07) is 10.9. The van der Waals surface area contributed by atoms with Crippen LogP contribution in [-0.4, -0.2) is 59.8 Å². The van der Waals surface area contributed by atoms with E-state index in [-0.39, 0.29) is 36.0 Å². The Morgan fingerprint density at radius 2 is 2.14 bits per heavy atom. The first kappa shape index (κ1) is 22.3. The fraction of sp³-hybridized carbons (Fsp3) is 0.345. The van der Waals surface area contributed by atoms with Crippen molar-refractivity contribution in [1.29, 1.82) is 0 Å². The first-order valence-electron chi connectivity index (χ1n) is 12.8. The van der Waals surface area contributed by atoms with E-state index in [2.05, 4.69) is 22.8 Å². The number of piperidine rings is 1. The lowest BCUT2D eigenvalue weighted by molar-refractivity contribution is -0.934. The molecule has 4 aliphatic heterocycles. The Morgan fingerprint density at radius 1 is 1.27 bits per heavy atom. The topological polar surface area (TPSA) is 105 Å². The summed E-state index contributed by atoms with van der Waals surface area (Å²) >= 11 is 0. The molecule has 0 saturated carbocycles. The van der Waals surface area contributed by atoms with Crippen molar-refractivity contribution in [3.8, 4) is 11.5 Å². The van der Waals surface area contributed by atoms with Crippen LogP contribution in [0.1, 0.15) is 35.7 Å². The molecule has 0 unspecified atom stereocenters. The Kier molecular flexibility index (Phi) is 4.55. The second-order valence-corrected chi connectivity index (χ2v) is 10.9. The highest BCUT2D eigenvalue weighted by atomic mass is 16.5. The lowest BCUT2D eigenvalue weighted by atomic mass is 9.61. The summed E-state index contributed by atoms with van der Waals surface area (Å²) in [5.41, 5.74) is 5.20. The first-order chi connectivity index (χ1) is 17.9. The predicted molar refractivity (Wildman–Crippen MR) is 137 cm³/mol. The molecule has 1 amide bonds. The molecule has 1 spiro atoms. The second kappa shape index (κ2) is 7.55. The van der Waals surface area contributed by atoms with Crippen molar-refractivity contribution in [2.24, 2.45) is 5.92 Å². The van der Waals surface area contributed by atoms with Crippen LogP contribution in [0.15, 0.2) is 59.3 Å². The number of hydrogen-bond donors (Lipinski definition) is 3. The first-order valence-corrected chi connectivity index (χ1v) is 12.8. The average Bonchev–Trinajstić information content (AvgIpc) is 3.43. The van der Waals surface area contributed by atoms with E-state index in [4.69, 9.17) is 4.74 Å². The summed E-state index contributed by atoms with van der Waals surface area (Å²) in [6.07, 6.45) is 4.67. The SMILES string of the molecule is C/C=C1/C[N@+]2(CC(=O)c3ccc4c(c3)NC(=O)CO4)CC[C@]34C(=C(C=O)[C@H]1C[C@@H]32)Nc1c(O)cccc14. The van der Waals surface area contributed by atoms with Crippen molar-refractivity contribution in [3.05, 3.63) is 70.4 Å². The highest BCUT2D eigenvalue weighted by Gasteiger charge is 2.69. The maximum absolute atomic E-state index is 13.8. The molecule has 2 aromatic rings. The number of nitrogens with one attached hydrogen (secondary N) is 2. The van der Waals surface area contributed by atoms with Gasteiger partial charge >= 0.3 is 0 Å². The van der Waals surface area contributed by atoms with E-state index < -0.39 is 5.41 Å². The van der Waals surface area contributed by atoms with Gasteiger partial charge in [0.25, 0.3) is 5.91 Å². The Labute approximate surface area is 214 Å². The maximum atomic E-state index is 13.8. The lowest BCUT2D eigenvalue weighted by Gasteiger charge is -2.53. The molecular formula is C29H28N3O5+. The third kappa shape index (κ3) is 2.84. The van der Waals surface area contributed by atoms with E-state index >= 15 is 0 Å². The second-order valence-electron chi connectivity index (χ2n) is 10.9. The van der Waals surface area contributed by atoms with Crippen molar-refractivity contribution >= 4 is 29.4 Å². The highest BCUT2D eigenvalue weighted by Crippen LogP contribution is 2.64. The van der Waals surface area contributed by atoms with Gasteiger partial charge in [0.15, 0.2) is 6.61 Å². The highest BCUT2D eigenvalue weighted by molar-refractivity contribution is 6.01. The minimum atomic E-state index is -0.433. The van der Waals surface area contributed by atoms with Crippen LogP contribution in [-0.2, 0) is 15.0 Å². The van der Waals surface area contributed by atoms with E-state index in [1.54, 1.807) is 24.3 Å². The number of benzene rings is 2. The molecule has 0 aromatic heterocycles. The van der Waals surface area contributed by atoms with E-state index in [0.29, 0.717) is 40.3 Å². The van der Waals surface area contributed by atoms with Crippen LogP contribution in [0, 0.1) is 5.92 Å². The molecule has 2 saturated heterocycles. The van der Waals surface area contributed by atoms with Gasteiger partial charge in [0, 0.05) is 35.6 Å². The van der Waals surface area contributed by atoms with Gasteiger partial charge in [-0.15, -0.1) is 0 Å². The summed E-state index contributed by atoms with van der Waals surface area (Å²) in [6.45, 7) is 3.80. The van der Waals surface area contributed by atoms with Crippen LogP contribution in [0.5, 0.6) is 11.5 Å². The molecule has 2 aromatic carbocycles. The number of Topliss-reactive ketones (excluding diaryl/α,β-unsaturated/α-hetero) is 1. The smallest absolute Gasteiger partial charge is 0.262 e. The largest absolute Gasteiger partial charge is 0.506 e. The fourth-order valence-electron chi connectivity index (χ4n) is 7.81. The van der Waals surface area contributed by atoms with Crippen molar-refractivity contribution in [1.82, 2.24) is 0 Å². The maximum Gasteiger partial charge on any atom is 0.262 e. The average molecular weight is 499 g/mol. The summed E-state index contributed by atoms with van der Waals surface area (Å²) < 4.78 is 6.08. The van der Waals surface area contributed by atoms with E-state index in [1.807, 2.05) is 13.0 Å². The van der Waals surface area contributed by atoms with Gasteiger partial charge in [0.1, 0.15) is 36.9 Å². The number of aromatic hydroxyl groups is 1. The number of phenolic OH excluding ortho intramolecular Hbond substituents is 1. The van der Waals surface area contributed by atoms with Gasteiger partial charge < -0.3 is 25.0 Å². The summed E-state index contributed by atoms with van der Waals surface area (Å²) in [5, 5.41) is 16.9. The molecule has 4 heterocycles. The molecule has 2 fully saturated rings. The number of carbonyl (C=O) groups excluding carboxylic acids is 3. The summed E-state index contributed by atoms with van der Waals surface area (Å²) in [5.74, 6) is 0.539. The number of aldehydes is 1. The van der Waals surface area contributed by atoms with Gasteiger partial charge in [-0.3, -0.25) is 14.4 Å². The molecular weight excluding hydrogens is 470 g/mol. The normalized spacial score (nSPS) is 31.6. The van der Waals surface area contributed by atoms with Crippen molar-refractivity contribution < 1.29 is 28.7 Å². The van der Waals surface area contributed by atoms with Crippen LogP contribution in [0.3, 0.4) is 0 Å². The summed E-state index contributed by atoms with van der Waals surface area (Å²) in [7, 11) is 0. The molecule has 2 bridgehead atoms. The number of quaternary nitrogens is 1. The Bertz CT molecular complexity index is 1480. The molecule has 8 nitrogen and oxygen atoms in total. The summed E-state index contributed by atoms with van der Waals surface area (Å²) in [4.78, 5) is 38.1. The van der Waals surface area contributed by atoms with Crippen LogP contribution < -0.4 is 15.4 Å². The molecule has 0 radical (unpaired) electrons. The van der Waals surface area contributed by atoms with Gasteiger partial charge in [0.05, 0.1) is 23.3 Å². The number of rotatable bonds is 4. The van der Waals surface area contributed by atoms with Crippen molar-refractivity contribution in [2.45, 2.75) is 31.2 Å². The number of fused-ring (bicyclic) bond motifs is 3. The molecule has 5 aliphatic rings. The van der Waals surface area contributed by atoms with Gasteiger partial charge in [-0.05, 0) is 42.3 Å². The number of amides is 1. The van der Waals surface area contributed by atoms with Gasteiger partial charge in [-0.1, -0.05) is 18.2 Å². The molecule has 4 atom stereocenters. The fourth-order valence-corrected chi connectivity index (χ4v) is 7.81. The van der Waals surface area contributed by atoms with E-state index in [9.17, 15) is 19.5 Å². The number of anilines is 2. The van der Waals surface area contributed by atoms with Gasteiger partial charge in [-0.25, -0.2) is 0 Å². The standard InChI is InChI=1S/C29H27N3O5/c1-2-16-12-32(13-23(35)17-6-7-24-21(10-17)30-26(36)15-37-24)9-8-29-20-4-3-5-22(34)27(20)31-28(29)19(14-33)18(16)11-25(29)32/h2-7,10,14,18,25H,8-9,11-13,15H2,1H3,(H2-,30,31,33,34,36)/p+1/b16-2-/t18-,25-,29+,32-/m0/s1. The number of para-hydroxylation sites is 1. The Morgan fingerprint density at radius 3 is 2.95 bits per heavy atom. The van der Waals surface area contributed by atoms with Crippen LogP contribution in [0.2, 0.25) is 0 Å². The number of ether oxygens (including phenoxy) is 1. The number of carbonyl (C=O) groups is 3. The number of allylic oxidation sites excluding steroid dienone is 2. The molecule has 7 rings (SSSR count). The van der Waals surface area contributed by atoms with Crippen molar-refractivity contribution in [2.75, 3.05) is 36.9 Å². The van der Waals surface area contributed by atoms with E-state index in [0.717, 1.165) is 42.5 Å². The molecule has 188 valence electrons. The zero-order valence-electron chi connectivity index (χ0n) is 20.5. The number of ketones is 1. The molecule has 37 heavy (non-hydrogen) atoms. The van der Waals surface area contributed by atoms with Gasteiger partial charge in [0.2, 0.25) is 5.78 Å². The van der Waals surface area contributed by atoms with Crippen LogP contribution >= 0.6 is 0 Å². The minimum absolute atomic E-state index is 0.00939. The van der Waals surface area contributed by atoms with Crippen LogP contribution in [0.4, 0.5) is 11.4 Å². The number of hydrogen-bond acceptors (Lipinski definition) is 6. The Balaban J connectivity index is 1.33. The van der Waals surface area contributed by atoms with Crippen molar-refractivity contribution in [3.63, 3.8) is 0 Å². The lowest BCUT2D eigenvalue weighted by Crippen LogP contribution is -2.64. The third-order valence-electron chi connectivity index (χ3n) is 9.36. The molecule has 3 N–H and O–H groups in total. The zero-order chi connectivity index (χ0) is 25.5. The number of nitrogens with zero attached hydrogens (tertiary/aromatic N) is 1. The Hall–Kier alpha value is -3.91. The molecule has 8 heteroatoms. The van der Waals surface area contributed by atoms with Crippen LogP contribution in [0.25, 0.3) is 0 Å². The monoisotopic (exact) mass is 498 g/mol. The predicted octanol–water partition coefficient (Wildman–Crippen LogP) is 3.29. The minimum Gasteiger partial charge on any atom is -0.506 e. The zero-order valence-corrected chi connectivity index (χ0v) is 20.5. The number of phenols is 1.